The summed E-state index contributed by atoms with van der Waals surface area (Å²) in [7, 11) is 0. The summed E-state index contributed by atoms with van der Waals surface area (Å²) >= 11 is 0. The van der Waals surface area contributed by atoms with Crippen LogP contribution >= 0.6 is 0 Å². The van der Waals surface area contributed by atoms with E-state index in [-0.39, 0.29) is 5.91 Å². The molecule has 0 saturated carbocycles. The molecule has 1 aromatic rings. The number of carbonyl (C=O) groups is 1. The van der Waals surface area contributed by atoms with Crippen LogP contribution in [0.5, 0.6) is 5.75 Å². The van der Waals surface area contributed by atoms with Crippen molar-refractivity contribution >= 4 is 5.91 Å². The van der Waals surface area contributed by atoms with Crippen LogP contribution in [0.2, 0.25) is 0 Å². The van der Waals surface area contributed by atoms with Crippen molar-refractivity contribution in [1.82, 2.24) is 10.2 Å². The summed E-state index contributed by atoms with van der Waals surface area (Å²) in [4.78, 5) is 12.9. The Hall–Kier alpha value is -1.59. The summed E-state index contributed by atoms with van der Waals surface area (Å²) in [5.41, 5.74) is 6.35. The molecule has 5 nitrogen and oxygen atoms in total. The molecule has 19 heavy (non-hydrogen) atoms. The fourth-order valence-corrected chi connectivity index (χ4v) is 2.39. The van der Waals surface area contributed by atoms with Crippen molar-refractivity contribution in [3.05, 3.63) is 29.8 Å². The highest BCUT2D eigenvalue weighted by molar-refractivity contribution is 5.75. The normalized spacial score (nSPS) is 17.5. The molecule has 0 spiro atoms. The number of nitrogens with one attached hydrogen (secondary N) is 1. The van der Waals surface area contributed by atoms with Crippen LogP contribution in [0.15, 0.2) is 24.3 Å². The Morgan fingerprint density at radius 2 is 1.95 bits per heavy atom. The molecule has 0 radical (unpaired) electrons. The zero-order valence-electron chi connectivity index (χ0n) is 11.0. The van der Waals surface area contributed by atoms with Gasteiger partial charge in [-0.25, -0.2) is 0 Å². The third-order valence-corrected chi connectivity index (χ3v) is 3.50. The van der Waals surface area contributed by atoms with E-state index in [1.54, 1.807) is 12.1 Å². The van der Waals surface area contributed by atoms with Crippen molar-refractivity contribution < 1.29 is 9.90 Å². The van der Waals surface area contributed by atoms with Gasteiger partial charge in [0.1, 0.15) is 5.75 Å². The molecule has 0 aromatic heterocycles. The lowest BCUT2D eigenvalue weighted by Gasteiger charge is -2.31. The summed E-state index contributed by atoms with van der Waals surface area (Å²) in [6.07, 6.45) is 2.07. The minimum absolute atomic E-state index is 0.254. The van der Waals surface area contributed by atoms with Gasteiger partial charge < -0.3 is 16.2 Å². The molecule has 0 bridgehead atoms. The van der Waals surface area contributed by atoms with E-state index in [9.17, 15) is 9.90 Å². The van der Waals surface area contributed by atoms with Crippen LogP contribution in [0.25, 0.3) is 0 Å². The van der Waals surface area contributed by atoms with Crippen molar-refractivity contribution in [2.24, 2.45) is 5.73 Å². The third-order valence-electron chi connectivity index (χ3n) is 3.50. The van der Waals surface area contributed by atoms with Gasteiger partial charge in [-0.2, -0.15) is 0 Å². The van der Waals surface area contributed by atoms with Gasteiger partial charge in [-0.05, 0) is 30.5 Å². The Bertz CT molecular complexity index is 411. The predicted octanol–water partition coefficient (Wildman–Crippen LogP) is 0.432. The molecule has 104 valence electrons. The number of piperidine rings is 1. The second-order valence-electron chi connectivity index (χ2n) is 5.06. The highest BCUT2D eigenvalue weighted by Crippen LogP contribution is 2.12. The van der Waals surface area contributed by atoms with Crippen molar-refractivity contribution in [1.29, 1.82) is 0 Å². The number of benzene rings is 1. The van der Waals surface area contributed by atoms with Crippen LogP contribution in [-0.4, -0.2) is 41.6 Å². The van der Waals surface area contributed by atoms with Gasteiger partial charge in [-0.1, -0.05) is 12.1 Å². The van der Waals surface area contributed by atoms with Gasteiger partial charge in [-0.3, -0.25) is 9.69 Å². The van der Waals surface area contributed by atoms with E-state index in [1.165, 1.54) is 0 Å². The van der Waals surface area contributed by atoms with E-state index >= 15 is 0 Å². The first-order valence-corrected chi connectivity index (χ1v) is 6.65. The second-order valence-corrected chi connectivity index (χ2v) is 5.06. The number of rotatable bonds is 5. The first-order valence-electron chi connectivity index (χ1n) is 6.65. The minimum atomic E-state index is -0.254. The Morgan fingerprint density at radius 3 is 2.53 bits per heavy atom. The Morgan fingerprint density at radius 1 is 1.32 bits per heavy atom. The standard InChI is InChI=1S/C14H21N3O2/c15-14(19)10-17-7-5-12(6-8-17)16-9-11-1-3-13(18)4-2-11/h1-4,12,16,18H,5-10H2,(H2,15,19). The van der Waals surface area contributed by atoms with Crippen LogP contribution in [-0.2, 0) is 11.3 Å². The lowest BCUT2D eigenvalue weighted by molar-refractivity contribution is -0.119. The van der Waals surface area contributed by atoms with Gasteiger partial charge in [0.05, 0.1) is 6.54 Å². The monoisotopic (exact) mass is 263 g/mol. The van der Waals surface area contributed by atoms with E-state index in [1.807, 2.05) is 12.1 Å². The lowest BCUT2D eigenvalue weighted by atomic mass is 10.0. The van der Waals surface area contributed by atoms with Crippen molar-refractivity contribution in [2.75, 3.05) is 19.6 Å². The van der Waals surface area contributed by atoms with Crippen LogP contribution in [0.1, 0.15) is 18.4 Å². The Labute approximate surface area is 113 Å². The number of phenolic OH excluding ortho intramolecular Hbond substituents is 1. The number of likely N-dealkylation sites (tertiary alicyclic amines) is 1. The van der Waals surface area contributed by atoms with Crippen LogP contribution < -0.4 is 11.1 Å². The average molecular weight is 263 g/mol. The summed E-state index contributed by atoms with van der Waals surface area (Å²) < 4.78 is 0. The molecule has 1 aromatic carbocycles. The number of nitrogens with zero attached hydrogens (tertiary/aromatic N) is 1. The van der Waals surface area contributed by atoms with Crippen LogP contribution in [0, 0.1) is 0 Å². The highest BCUT2D eigenvalue weighted by atomic mass is 16.3. The number of phenols is 1. The summed E-state index contributed by atoms with van der Waals surface area (Å²) in [5.74, 6) is 0.0408. The third kappa shape index (κ3) is 4.54. The smallest absolute Gasteiger partial charge is 0.231 e. The van der Waals surface area contributed by atoms with E-state index in [0.29, 0.717) is 18.3 Å². The summed E-state index contributed by atoms with van der Waals surface area (Å²) in [6, 6.07) is 7.73. The fourth-order valence-electron chi connectivity index (χ4n) is 2.39. The van der Waals surface area contributed by atoms with E-state index in [0.717, 1.165) is 38.0 Å². The predicted molar refractivity (Wildman–Crippen MR) is 73.6 cm³/mol. The molecule has 0 aliphatic carbocycles. The number of aromatic hydroxyl groups is 1. The molecule has 1 aliphatic heterocycles. The Balaban J connectivity index is 1.71. The number of hydrogen-bond acceptors (Lipinski definition) is 4. The summed E-state index contributed by atoms with van der Waals surface area (Å²) in [5, 5.41) is 12.7. The van der Waals surface area contributed by atoms with Crippen molar-refractivity contribution in [2.45, 2.75) is 25.4 Å². The largest absolute Gasteiger partial charge is 0.508 e. The number of nitrogens with two attached hydrogens (primary N) is 1. The number of carbonyl (C=O) groups excluding carboxylic acids is 1. The van der Waals surface area contributed by atoms with Crippen LogP contribution in [0.3, 0.4) is 0 Å². The van der Waals surface area contributed by atoms with Crippen molar-refractivity contribution in [3.63, 3.8) is 0 Å². The topological polar surface area (TPSA) is 78.6 Å². The fraction of sp³-hybridized carbons (Fsp3) is 0.500. The molecule has 1 fully saturated rings. The molecule has 1 amide bonds. The molecular formula is C14H21N3O2. The second kappa shape index (κ2) is 6.54. The molecule has 4 N–H and O–H groups in total. The lowest BCUT2D eigenvalue weighted by Crippen LogP contribution is -2.45. The van der Waals surface area contributed by atoms with Gasteiger partial charge >= 0.3 is 0 Å². The Kier molecular flexibility index (Phi) is 4.76. The molecule has 1 aliphatic rings. The number of hydrogen-bond donors (Lipinski definition) is 3. The van der Waals surface area contributed by atoms with Gasteiger partial charge in [0.15, 0.2) is 0 Å². The number of primary amides is 1. The zero-order chi connectivity index (χ0) is 13.7. The highest BCUT2D eigenvalue weighted by Gasteiger charge is 2.19. The molecule has 1 heterocycles. The molecule has 1 saturated heterocycles. The van der Waals surface area contributed by atoms with Crippen molar-refractivity contribution in [3.8, 4) is 5.75 Å². The molecule has 5 heteroatoms. The summed E-state index contributed by atoms with van der Waals surface area (Å²) in [6.45, 7) is 3.00. The van der Waals surface area contributed by atoms with Gasteiger partial charge in [0, 0.05) is 25.7 Å². The molecule has 0 unspecified atom stereocenters. The maximum absolute atomic E-state index is 10.8. The molecule has 2 rings (SSSR count). The maximum Gasteiger partial charge on any atom is 0.231 e. The molecule has 0 atom stereocenters. The first kappa shape index (κ1) is 13.8. The zero-order valence-corrected chi connectivity index (χ0v) is 11.0. The molecular weight excluding hydrogens is 242 g/mol. The number of amides is 1. The van der Waals surface area contributed by atoms with Crippen LogP contribution in [0.4, 0.5) is 0 Å². The van der Waals surface area contributed by atoms with Gasteiger partial charge in [0.25, 0.3) is 0 Å². The maximum atomic E-state index is 10.8. The first-order chi connectivity index (χ1) is 9.13. The van der Waals surface area contributed by atoms with E-state index in [4.69, 9.17) is 5.73 Å². The SMILES string of the molecule is NC(=O)CN1CCC(NCc2ccc(O)cc2)CC1. The quantitative estimate of drug-likeness (QED) is 0.720. The van der Waals surface area contributed by atoms with Gasteiger partial charge in [-0.15, -0.1) is 0 Å². The minimum Gasteiger partial charge on any atom is -0.508 e. The van der Waals surface area contributed by atoms with E-state index < -0.39 is 0 Å². The average Bonchev–Trinajstić information content (AvgIpc) is 2.39. The van der Waals surface area contributed by atoms with Gasteiger partial charge in [0.2, 0.25) is 5.91 Å². The van der Waals surface area contributed by atoms with E-state index in [2.05, 4.69) is 10.2 Å².